The maximum atomic E-state index is 6.06. The van der Waals surface area contributed by atoms with Crippen LogP contribution in [0.2, 0.25) is 0 Å². The van der Waals surface area contributed by atoms with Gasteiger partial charge in [0.25, 0.3) is 0 Å². The summed E-state index contributed by atoms with van der Waals surface area (Å²) in [6.07, 6.45) is 5.18. The molecule has 2 fully saturated rings. The maximum Gasteiger partial charge on any atom is 0.161 e. The lowest BCUT2D eigenvalue weighted by Crippen LogP contribution is -2.24. The highest BCUT2D eigenvalue weighted by Gasteiger charge is 2.24. The number of hydrogen-bond acceptors (Lipinski definition) is 3. The molecule has 1 aliphatic heterocycles. The van der Waals surface area contributed by atoms with Crippen LogP contribution in [0.3, 0.4) is 0 Å². The van der Waals surface area contributed by atoms with E-state index in [0.717, 1.165) is 29.1 Å². The number of hydrogen-bond donors (Lipinski definition) is 1. The zero-order valence-corrected chi connectivity index (χ0v) is 12.8. The summed E-state index contributed by atoms with van der Waals surface area (Å²) in [5, 5.41) is 3.42. The smallest absolute Gasteiger partial charge is 0.161 e. The molecule has 2 aliphatic rings. The van der Waals surface area contributed by atoms with Crippen LogP contribution in [0.4, 0.5) is 0 Å². The number of nitrogens with one attached hydrogen (secondary N) is 1. The van der Waals surface area contributed by atoms with Gasteiger partial charge >= 0.3 is 0 Å². The van der Waals surface area contributed by atoms with Crippen LogP contribution in [0, 0.1) is 0 Å². The summed E-state index contributed by atoms with van der Waals surface area (Å²) >= 11 is 3.67. The second-order valence-corrected chi connectivity index (χ2v) is 6.24. The molecular formula is C15H20BrNO2. The molecule has 0 radical (unpaired) electrons. The Morgan fingerprint density at radius 2 is 2.05 bits per heavy atom. The molecule has 1 aliphatic carbocycles. The predicted molar refractivity (Wildman–Crippen MR) is 79.2 cm³/mol. The van der Waals surface area contributed by atoms with Gasteiger partial charge in [-0.25, -0.2) is 0 Å². The van der Waals surface area contributed by atoms with Gasteiger partial charge in [-0.05, 0) is 55.8 Å². The van der Waals surface area contributed by atoms with Crippen molar-refractivity contribution in [2.45, 2.75) is 37.7 Å². The SMILES string of the molecule is COc1cc(Br)c(C2CCNC2)cc1OC1CCC1. The highest BCUT2D eigenvalue weighted by molar-refractivity contribution is 9.10. The number of halogens is 1. The van der Waals surface area contributed by atoms with Gasteiger partial charge in [0.2, 0.25) is 0 Å². The molecule has 3 nitrogen and oxygen atoms in total. The molecule has 1 unspecified atom stereocenters. The Bertz CT molecular complexity index is 454. The first-order valence-corrected chi connectivity index (χ1v) is 7.82. The largest absolute Gasteiger partial charge is 0.493 e. The van der Waals surface area contributed by atoms with Gasteiger partial charge in [-0.1, -0.05) is 15.9 Å². The fourth-order valence-electron chi connectivity index (χ4n) is 2.70. The first-order valence-electron chi connectivity index (χ1n) is 7.02. The molecule has 0 spiro atoms. The molecular weight excluding hydrogens is 306 g/mol. The summed E-state index contributed by atoms with van der Waals surface area (Å²) in [7, 11) is 1.70. The topological polar surface area (TPSA) is 30.5 Å². The Hall–Kier alpha value is -0.740. The lowest BCUT2D eigenvalue weighted by Gasteiger charge is -2.28. The van der Waals surface area contributed by atoms with Crippen molar-refractivity contribution >= 4 is 15.9 Å². The fraction of sp³-hybridized carbons (Fsp3) is 0.600. The van der Waals surface area contributed by atoms with Crippen molar-refractivity contribution in [2.75, 3.05) is 20.2 Å². The molecule has 1 saturated heterocycles. The van der Waals surface area contributed by atoms with Crippen LogP contribution in [0.25, 0.3) is 0 Å². The van der Waals surface area contributed by atoms with Crippen LogP contribution in [0.15, 0.2) is 16.6 Å². The molecule has 1 heterocycles. The van der Waals surface area contributed by atoms with Crippen molar-refractivity contribution in [1.29, 1.82) is 0 Å². The van der Waals surface area contributed by atoms with Gasteiger partial charge in [0.1, 0.15) is 0 Å². The highest BCUT2D eigenvalue weighted by Crippen LogP contribution is 2.40. The van der Waals surface area contributed by atoms with E-state index in [9.17, 15) is 0 Å². The lowest BCUT2D eigenvalue weighted by molar-refractivity contribution is 0.116. The lowest BCUT2D eigenvalue weighted by atomic mass is 9.95. The van der Waals surface area contributed by atoms with Gasteiger partial charge in [0, 0.05) is 11.0 Å². The molecule has 0 bridgehead atoms. The predicted octanol–water partition coefficient (Wildman–Crippen LogP) is 3.47. The minimum absolute atomic E-state index is 0.379. The minimum atomic E-state index is 0.379. The summed E-state index contributed by atoms with van der Waals surface area (Å²) in [5.74, 6) is 2.30. The van der Waals surface area contributed by atoms with E-state index in [1.807, 2.05) is 6.07 Å². The number of benzene rings is 1. The Labute approximate surface area is 122 Å². The summed E-state index contributed by atoms with van der Waals surface area (Å²) in [5.41, 5.74) is 1.33. The van der Waals surface area contributed by atoms with E-state index in [4.69, 9.17) is 9.47 Å². The average molecular weight is 326 g/mol. The first-order chi connectivity index (χ1) is 9.28. The van der Waals surface area contributed by atoms with E-state index in [2.05, 4.69) is 27.3 Å². The standard InChI is InChI=1S/C15H20BrNO2/c1-18-14-8-13(16)12(10-5-6-17-9-10)7-15(14)19-11-3-2-4-11/h7-8,10-11,17H,2-6,9H2,1H3. The minimum Gasteiger partial charge on any atom is -0.493 e. The maximum absolute atomic E-state index is 6.06. The van der Waals surface area contributed by atoms with E-state index in [1.165, 1.54) is 31.2 Å². The fourth-order valence-corrected chi connectivity index (χ4v) is 3.35. The number of methoxy groups -OCH3 is 1. The molecule has 1 aromatic carbocycles. The average Bonchev–Trinajstić information content (AvgIpc) is 2.88. The van der Waals surface area contributed by atoms with Gasteiger partial charge in [-0.3, -0.25) is 0 Å². The molecule has 4 heteroatoms. The van der Waals surface area contributed by atoms with Crippen molar-refractivity contribution in [1.82, 2.24) is 5.32 Å². The first kappa shape index (κ1) is 13.3. The van der Waals surface area contributed by atoms with Gasteiger partial charge in [-0.2, -0.15) is 0 Å². The summed E-state index contributed by atoms with van der Waals surface area (Å²) in [6, 6.07) is 4.21. The van der Waals surface area contributed by atoms with Crippen molar-refractivity contribution < 1.29 is 9.47 Å². The van der Waals surface area contributed by atoms with Gasteiger partial charge in [-0.15, -0.1) is 0 Å². The normalized spacial score (nSPS) is 23.2. The molecule has 0 amide bonds. The number of ether oxygens (including phenoxy) is 2. The van der Waals surface area contributed by atoms with Gasteiger partial charge in [0.05, 0.1) is 13.2 Å². The molecule has 1 saturated carbocycles. The van der Waals surface area contributed by atoms with Crippen molar-refractivity contribution in [3.63, 3.8) is 0 Å². The van der Waals surface area contributed by atoms with Crippen molar-refractivity contribution in [2.24, 2.45) is 0 Å². The van der Waals surface area contributed by atoms with E-state index < -0.39 is 0 Å². The van der Waals surface area contributed by atoms with Crippen molar-refractivity contribution in [3.8, 4) is 11.5 Å². The van der Waals surface area contributed by atoms with Crippen LogP contribution in [0.5, 0.6) is 11.5 Å². The van der Waals surface area contributed by atoms with Crippen LogP contribution in [-0.4, -0.2) is 26.3 Å². The van der Waals surface area contributed by atoms with Crippen LogP contribution >= 0.6 is 15.9 Å². The molecule has 1 aromatic rings. The second-order valence-electron chi connectivity index (χ2n) is 5.39. The third kappa shape index (κ3) is 2.75. The van der Waals surface area contributed by atoms with Crippen LogP contribution < -0.4 is 14.8 Å². The Balaban J connectivity index is 1.88. The molecule has 1 atom stereocenters. The molecule has 3 rings (SSSR count). The highest BCUT2D eigenvalue weighted by atomic mass is 79.9. The quantitative estimate of drug-likeness (QED) is 0.919. The van der Waals surface area contributed by atoms with E-state index in [1.54, 1.807) is 7.11 Å². The summed E-state index contributed by atoms with van der Waals surface area (Å²) in [4.78, 5) is 0. The zero-order chi connectivity index (χ0) is 13.2. The van der Waals surface area contributed by atoms with Gasteiger partial charge < -0.3 is 14.8 Å². The molecule has 0 aromatic heterocycles. The van der Waals surface area contributed by atoms with E-state index >= 15 is 0 Å². The van der Waals surface area contributed by atoms with Crippen LogP contribution in [-0.2, 0) is 0 Å². The van der Waals surface area contributed by atoms with E-state index in [-0.39, 0.29) is 0 Å². The second kappa shape index (κ2) is 5.71. The Morgan fingerprint density at radius 3 is 2.63 bits per heavy atom. The monoisotopic (exact) mass is 325 g/mol. The molecule has 1 N–H and O–H groups in total. The van der Waals surface area contributed by atoms with E-state index in [0.29, 0.717) is 12.0 Å². The number of rotatable bonds is 4. The molecule has 104 valence electrons. The third-order valence-corrected chi connectivity index (χ3v) is 4.82. The van der Waals surface area contributed by atoms with Crippen molar-refractivity contribution in [3.05, 3.63) is 22.2 Å². The summed E-state index contributed by atoms with van der Waals surface area (Å²) < 4.78 is 12.6. The Kier molecular flexibility index (Phi) is 3.99. The Morgan fingerprint density at radius 1 is 1.21 bits per heavy atom. The van der Waals surface area contributed by atoms with Gasteiger partial charge in [0.15, 0.2) is 11.5 Å². The van der Waals surface area contributed by atoms with Crippen LogP contribution in [0.1, 0.15) is 37.2 Å². The third-order valence-electron chi connectivity index (χ3n) is 4.13. The zero-order valence-electron chi connectivity index (χ0n) is 11.2. The summed E-state index contributed by atoms with van der Waals surface area (Å²) in [6.45, 7) is 2.15. The molecule has 19 heavy (non-hydrogen) atoms.